The SMILES string of the molecule is CCCCCCCCC(CCCCCC)COC(=O)CCCCC(=O)OCC(COCOCCCN(CC)CC)COC(=O)CC12CC3CC(CC1C3)C2. The van der Waals surface area contributed by atoms with E-state index >= 15 is 0 Å². The summed E-state index contributed by atoms with van der Waals surface area (Å²) in [6.07, 6.45) is 24.3. The van der Waals surface area contributed by atoms with Gasteiger partial charge in [-0.2, -0.15) is 0 Å². The van der Waals surface area contributed by atoms with Gasteiger partial charge in [0.15, 0.2) is 0 Å². The van der Waals surface area contributed by atoms with Crippen LogP contribution < -0.4 is 0 Å². The zero-order valence-electron chi connectivity index (χ0n) is 35.2. The summed E-state index contributed by atoms with van der Waals surface area (Å²) in [5, 5.41) is 0. The lowest BCUT2D eigenvalue weighted by molar-refractivity contribution is -0.154. The van der Waals surface area contributed by atoms with Gasteiger partial charge in [-0.3, -0.25) is 14.4 Å². The smallest absolute Gasteiger partial charge is 0.306 e. The van der Waals surface area contributed by atoms with E-state index in [1.807, 2.05) is 0 Å². The second kappa shape index (κ2) is 27.8. The maximum atomic E-state index is 13.1. The van der Waals surface area contributed by atoms with Gasteiger partial charge in [0.25, 0.3) is 0 Å². The zero-order valence-corrected chi connectivity index (χ0v) is 35.2. The van der Waals surface area contributed by atoms with E-state index in [1.165, 1.54) is 96.3 Å². The van der Waals surface area contributed by atoms with Crippen molar-refractivity contribution in [2.75, 3.05) is 59.5 Å². The lowest BCUT2D eigenvalue weighted by Gasteiger charge is -2.32. The number of nitrogens with zero attached hydrogens (tertiary/aromatic N) is 1. The first-order chi connectivity index (χ1) is 26.3. The van der Waals surface area contributed by atoms with Gasteiger partial charge in [-0.1, -0.05) is 91.9 Å². The molecule has 0 aliphatic heterocycles. The van der Waals surface area contributed by atoms with Crippen molar-refractivity contribution in [1.29, 1.82) is 0 Å². The Morgan fingerprint density at radius 1 is 0.593 bits per heavy atom. The molecule has 0 saturated heterocycles. The second-order valence-corrected chi connectivity index (χ2v) is 17.3. The minimum absolute atomic E-state index is 0.117. The van der Waals surface area contributed by atoms with Crippen LogP contribution in [0.4, 0.5) is 0 Å². The van der Waals surface area contributed by atoms with Crippen LogP contribution in [0.25, 0.3) is 0 Å². The Hall–Kier alpha value is -1.71. The molecular weight excluding hydrogens is 682 g/mol. The lowest BCUT2D eigenvalue weighted by atomic mass is 9.73. The number of ether oxygens (including phenoxy) is 5. The number of hydrogen-bond acceptors (Lipinski definition) is 9. The summed E-state index contributed by atoms with van der Waals surface area (Å²) in [5.74, 6) is 1.84. The topological polar surface area (TPSA) is 101 Å². The molecule has 0 aromatic rings. The normalized spacial score (nSPS) is 22.5. The fraction of sp³-hybridized carbons (Fsp3) is 0.933. The van der Waals surface area contributed by atoms with Crippen LogP contribution in [-0.2, 0) is 38.1 Å². The average Bonchev–Trinajstić information content (AvgIpc) is 3.55. The highest BCUT2D eigenvalue weighted by Crippen LogP contribution is 2.66. The minimum atomic E-state index is -0.309. The molecule has 4 unspecified atom stereocenters. The molecule has 0 amide bonds. The Bertz CT molecular complexity index is 1000. The van der Waals surface area contributed by atoms with E-state index < -0.39 is 0 Å². The lowest BCUT2D eigenvalue weighted by Crippen LogP contribution is -2.30. The van der Waals surface area contributed by atoms with E-state index in [-0.39, 0.29) is 62.3 Å². The van der Waals surface area contributed by atoms with Crippen molar-refractivity contribution in [3.63, 3.8) is 0 Å². The first-order valence-electron chi connectivity index (χ1n) is 22.6. The molecule has 4 aliphatic carbocycles. The molecule has 0 aromatic carbocycles. The van der Waals surface area contributed by atoms with Crippen molar-refractivity contribution < 1.29 is 38.1 Å². The number of carbonyl (C=O) groups excluding carboxylic acids is 3. The summed E-state index contributed by atoms with van der Waals surface area (Å²) in [5.41, 5.74) is 0.151. The molecule has 54 heavy (non-hydrogen) atoms. The zero-order chi connectivity index (χ0) is 38.9. The van der Waals surface area contributed by atoms with E-state index in [0.717, 1.165) is 50.7 Å². The van der Waals surface area contributed by atoms with Crippen LogP contribution in [-0.4, -0.2) is 82.3 Å². The molecule has 9 nitrogen and oxygen atoms in total. The van der Waals surface area contributed by atoms with Gasteiger partial charge in [-0.15, -0.1) is 0 Å². The molecule has 4 atom stereocenters. The van der Waals surface area contributed by atoms with Crippen LogP contribution in [0.15, 0.2) is 0 Å². The van der Waals surface area contributed by atoms with Crippen molar-refractivity contribution in [3.8, 4) is 0 Å². The molecule has 4 bridgehead atoms. The third-order valence-electron chi connectivity index (χ3n) is 12.7. The van der Waals surface area contributed by atoms with Gasteiger partial charge < -0.3 is 28.6 Å². The molecule has 0 spiro atoms. The van der Waals surface area contributed by atoms with Crippen molar-refractivity contribution in [2.24, 2.45) is 35.0 Å². The highest BCUT2D eigenvalue weighted by atomic mass is 16.7. The number of unbranched alkanes of at least 4 members (excludes halogenated alkanes) is 9. The van der Waals surface area contributed by atoms with E-state index in [1.54, 1.807) is 0 Å². The third kappa shape index (κ3) is 18.5. The fourth-order valence-electron chi connectivity index (χ4n) is 9.70. The third-order valence-corrected chi connectivity index (χ3v) is 12.7. The van der Waals surface area contributed by atoms with E-state index in [2.05, 4.69) is 32.6 Å². The Balaban J connectivity index is 1.33. The summed E-state index contributed by atoms with van der Waals surface area (Å²) in [4.78, 5) is 40.7. The molecule has 0 aromatic heterocycles. The van der Waals surface area contributed by atoms with Gasteiger partial charge in [0, 0.05) is 19.4 Å². The second-order valence-electron chi connectivity index (χ2n) is 17.3. The van der Waals surface area contributed by atoms with Crippen LogP contribution in [0.1, 0.15) is 175 Å². The number of rotatable bonds is 35. The number of carbonyl (C=O) groups is 3. The van der Waals surface area contributed by atoms with E-state index in [4.69, 9.17) is 23.7 Å². The number of hydrogen-bond donors (Lipinski definition) is 0. The van der Waals surface area contributed by atoms with Gasteiger partial charge in [0.1, 0.15) is 6.79 Å². The number of esters is 3. The minimum Gasteiger partial charge on any atom is -0.465 e. The van der Waals surface area contributed by atoms with E-state index in [9.17, 15) is 14.4 Å². The first kappa shape index (κ1) is 46.7. The molecule has 4 aliphatic rings. The van der Waals surface area contributed by atoms with Crippen LogP contribution in [0.2, 0.25) is 0 Å². The summed E-state index contributed by atoms with van der Waals surface area (Å²) in [7, 11) is 0. The fourth-order valence-corrected chi connectivity index (χ4v) is 9.70. The summed E-state index contributed by atoms with van der Waals surface area (Å²) in [6, 6.07) is 0. The van der Waals surface area contributed by atoms with Crippen molar-refractivity contribution in [1.82, 2.24) is 4.90 Å². The standard InChI is InChI=1S/C45H81NO8/c1-5-9-11-13-14-16-21-37(20-15-12-10-6-2)33-52-42(47)22-17-18-23-43(48)53-34-40(32-51-36-50-25-19-24-46(7-3)8-4)35-54-44(49)31-45-29-38-26-39(30-45)28-41(45)27-38/h37-41H,5-36H2,1-4H3. The van der Waals surface area contributed by atoms with Crippen LogP contribution in [0.5, 0.6) is 0 Å². The maximum Gasteiger partial charge on any atom is 0.306 e. The Morgan fingerprint density at radius 2 is 1.13 bits per heavy atom. The maximum absolute atomic E-state index is 13.1. The van der Waals surface area contributed by atoms with Gasteiger partial charge in [-0.05, 0) is 106 Å². The predicted molar refractivity (Wildman–Crippen MR) is 215 cm³/mol. The highest BCUT2D eigenvalue weighted by molar-refractivity contribution is 5.71. The predicted octanol–water partition coefficient (Wildman–Crippen LogP) is 10.1. The summed E-state index contributed by atoms with van der Waals surface area (Å²) in [6.45, 7) is 13.7. The van der Waals surface area contributed by atoms with Crippen LogP contribution in [0, 0.1) is 35.0 Å². The molecule has 9 heteroatoms. The van der Waals surface area contributed by atoms with Gasteiger partial charge in [0.2, 0.25) is 0 Å². The Kier molecular flexibility index (Phi) is 24.0. The average molecular weight is 764 g/mol. The molecule has 0 heterocycles. The molecule has 4 fully saturated rings. The monoisotopic (exact) mass is 764 g/mol. The van der Waals surface area contributed by atoms with Gasteiger partial charge in [0.05, 0.1) is 45.4 Å². The van der Waals surface area contributed by atoms with Crippen LogP contribution >= 0.6 is 0 Å². The molecule has 0 radical (unpaired) electrons. The summed E-state index contributed by atoms with van der Waals surface area (Å²) >= 11 is 0. The summed E-state index contributed by atoms with van der Waals surface area (Å²) < 4.78 is 28.7. The highest BCUT2D eigenvalue weighted by Gasteiger charge is 2.58. The first-order valence-corrected chi connectivity index (χ1v) is 22.6. The molecule has 314 valence electrons. The van der Waals surface area contributed by atoms with Crippen molar-refractivity contribution in [2.45, 2.75) is 175 Å². The van der Waals surface area contributed by atoms with Crippen molar-refractivity contribution >= 4 is 17.9 Å². The largest absolute Gasteiger partial charge is 0.465 e. The molecule has 4 rings (SSSR count). The van der Waals surface area contributed by atoms with Crippen molar-refractivity contribution in [3.05, 3.63) is 0 Å². The molecule has 4 saturated carbocycles. The molecular formula is C45H81NO8. The molecule has 0 N–H and O–H groups in total. The van der Waals surface area contributed by atoms with Gasteiger partial charge in [-0.25, -0.2) is 0 Å². The van der Waals surface area contributed by atoms with Crippen LogP contribution in [0.3, 0.4) is 0 Å². The van der Waals surface area contributed by atoms with E-state index in [0.29, 0.717) is 50.7 Å². The quantitative estimate of drug-likeness (QED) is 0.0270. The Labute approximate surface area is 330 Å². The Morgan fingerprint density at radius 3 is 1.72 bits per heavy atom. The van der Waals surface area contributed by atoms with Gasteiger partial charge >= 0.3 is 17.9 Å².